The van der Waals surface area contributed by atoms with E-state index in [0.29, 0.717) is 0 Å². The summed E-state index contributed by atoms with van der Waals surface area (Å²) in [5, 5.41) is 3.07. The minimum Gasteiger partial charge on any atom is -0.326 e. The van der Waals surface area contributed by atoms with Crippen LogP contribution in [0.1, 0.15) is 24.5 Å². The quantitative estimate of drug-likeness (QED) is 0.476. The first-order chi connectivity index (χ1) is 13.2. The van der Waals surface area contributed by atoms with E-state index >= 15 is 0 Å². The lowest BCUT2D eigenvalue weighted by Crippen LogP contribution is -2.24. The van der Waals surface area contributed by atoms with Crippen molar-refractivity contribution in [2.24, 2.45) is 5.92 Å². The van der Waals surface area contributed by atoms with E-state index in [4.69, 9.17) is 0 Å². The van der Waals surface area contributed by atoms with Crippen LogP contribution in [0.15, 0.2) is 89.8 Å². The Morgan fingerprint density at radius 2 is 1.44 bits per heavy atom. The molecule has 1 amide bonds. The first kappa shape index (κ1) is 19.2. The Bertz CT molecular complexity index is 831. The van der Waals surface area contributed by atoms with Gasteiger partial charge in [0.2, 0.25) is 5.91 Å². The van der Waals surface area contributed by atoms with Crippen molar-refractivity contribution in [1.82, 2.24) is 0 Å². The Morgan fingerprint density at radius 1 is 0.852 bits per heavy atom. The van der Waals surface area contributed by atoms with E-state index in [1.54, 1.807) is 11.8 Å². The zero-order valence-electron chi connectivity index (χ0n) is 15.6. The van der Waals surface area contributed by atoms with Crippen molar-refractivity contribution in [3.05, 3.63) is 96.1 Å². The topological polar surface area (TPSA) is 29.1 Å². The normalized spacial score (nSPS) is 11.7. The van der Waals surface area contributed by atoms with Crippen LogP contribution < -0.4 is 5.32 Å². The molecule has 0 bridgehead atoms. The number of hydrogen-bond acceptors (Lipinski definition) is 2. The second kappa shape index (κ2) is 9.98. The molecule has 0 aliphatic heterocycles. The summed E-state index contributed by atoms with van der Waals surface area (Å²) in [7, 11) is 0. The molecule has 27 heavy (non-hydrogen) atoms. The molecule has 0 saturated carbocycles. The minimum atomic E-state index is -0.0143. The van der Waals surface area contributed by atoms with Gasteiger partial charge in [0.05, 0.1) is 0 Å². The van der Waals surface area contributed by atoms with Gasteiger partial charge in [0, 0.05) is 22.3 Å². The van der Waals surface area contributed by atoms with E-state index in [-0.39, 0.29) is 11.8 Å². The van der Waals surface area contributed by atoms with Gasteiger partial charge < -0.3 is 5.32 Å². The fourth-order valence-corrected chi connectivity index (χ4v) is 3.80. The van der Waals surface area contributed by atoms with E-state index in [1.807, 2.05) is 36.4 Å². The fraction of sp³-hybridized carbons (Fsp3) is 0.208. The Kier molecular flexibility index (Phi) is 7.11. The molecule has 0 aromatic heterocycles. The average Bonchev–Trinajstić information content (AvgIpc) is 2.73. The standard InChI is InChI=1S/C24H25NOS/c1-2-21(17-19-9-5-3-6-10-19)24(26)25-22-13-15-23(16-14-22)27-18-20-11-7-4-8-12-20/h3-16,21H,2,17-18H2,1H3,(H,25,26)/t21-/m0/s1. The zero-order valence-corrected chi connectivity index (χ0v) is 16.4. The average molecular weight is 376 g/mol. The van der Waals surface area contributed by atoms with Crippen molar-refractivity contribution in [3.8, 4) is 0 Å². The number of anilines is 1. The van der Waals surface area contributed by atoms with Gasteiger partial charge in [-0.1, -0.05) is 67.6 Å². The van der Waals surface area contributed by atoms with Gasteiger partial charge in [-0.2, -0.15) is 0 Å². The molecule has 0 spiro atoms. The van der Waals surface area contributed by atoms with Crippen LogP contribution in [0.5, 0.6) is 0 Å². The Balaban J connectivity index is 1.54. The van der Waals surface area contributed by atoms with Crippen molar-refractivity contribution in [2.75, 3.05) is 5.32 Å². The predicted molar refractivity (Wildman–Crippen MR) is 115 cm³/mol. The third-order valence-corrected chi connectivity index (χ3v) is 5.64. The molecule has 0 aliphatic rings. The first-order valence-electron chi connectivity index (χ1n) is 9.36. The Hall–Kier alpha value is -2.52. The summed E-state index contributed by atoms with van der Waals surface area (Å²) < 4.78 is 0. The summed E-state index contributed by atoms with van der Waals surface area (Å²) in [6.07, 6.45) is 1.60. The van der Waals surface area contributed by atoms with Crippen molar-refractivity contribution in [3.63, 3.8) is 0 Å². The maximum absolute atomic E-state index is 12.6. The lowest BCUT2D eigenvalue weighted by molar-refractivity contribution is -0.119. The highest BCUT2D eigenvalue weighted by molar-refractivity contribution is 7.98. The first-order valence-corrected chi connectivity index (χ1v) is 10.3. The molecular formula is C24H25NOS. The van der Waals surface area contributed by atoms with Gasteiger partial charge in [-0.15, -0.1) is 11.8 Å². The number of carbonyl (C=O) groups is 1. The summed E-state index contributed by atoms with van der Waals surface area (Å²) in [4.78, 5) is 13.8. The molecule has 0 heterocycles. The molecule has 2 nitrogen and oxygen atoms in total. The largest absolute Gasteiger partial charge is 0.326 e. The lowest BCUT2D eigenvalue weighted by Gasteiger charge is -2.15. The van der Waals surface area contributed by atoms with E-state index in [1.165, 1.54) is 16.0 Å². The van der Waals surface area contributed by atoms with Crippen LogP contribution in [0.25, 0.3) is 0 Å². The number of thioether (sulfide) groups is 1. The molecule has 0 unspecified atom stereocenters. The van der Waals surface area contributed by atoms with Gasteiger partial charge in [-0.05, 0) is 48.2 Å². The molecule has 0 saturated heterocycles. The number of hydrogen-bond donors (Lipinski definition) is 1. The van der Waals surface area contributed by atoms with Crippen molar-refractivity contribution >= 4 is 23.4 Å². The molecule has 3 aromatic rings. The highest BCUT2D eigenvalue weighted by atomic mass is 32.2. The highest BCUT2D eigenvalue weighted by Crippen LogP contribution is 2.24. The number of nitrogens with one attached hydrogen (secondary N) is 1. The number of benzene rings is 3. The van der Waals surface area contributed by atoms with Gasteiger partial charge >= 0.3 is 0 Å². The van der Waals surface area contributed by atoms with Gasteiger partial charge in [-0.3, -0.25) is 4.79 Å². The van der Waals surface area contributed by atoms with E-state index in [0.717, 1.165) is 24.3 Å². The van der Waals surface area contributed by atoms with Crippen LogP contribution in [0.2, 0.25) is 0 Å². The molecule has 0 aliphatic carbocycles. The Labute approximate surface area is 166 Å². The van der Waals surface area contributed by atoms with Crippen LogP contribution in [0, 0.1) is 5.92 Å². The van der Waals surface area contributed by atoms with Crippen LogP contribution in [-0.4, -0.2) is 5.91 Å². The van der Waals surface area contributed by atoms with Gasteiger partial charge in [0.25, 0.3) is 0 Å². The van der Waals surface area contributed by atoms with Crippen LogP contribution >= 0.6 is 11.8 Å². The van der Waals surface area contributed by atoms with Crippen molar-refractivity contribution in [1.29, 1.82) is 0 Å². The summed E-state index contributed by atoms with van der Waals surface area (Å²) in [5.41, 5.74) is 3.37. The van der Waals surface area contributed by atoms with Crippen LogP contribution in [0.4, 0.5) is 5.69 Å². The molecule has 3 aromatic carbocycles. The van der Waals surface area contributed by atoms with Gasteiger partial charge in [-0.25, -0.2) is 0 Å². The molecule has 3 heteroatoms. The summed E-state index contributed by atoms with van der Waals surface area (Å²) in [6, 6.07) is 28.8. The van der Waals surface area contributed by atoms with E-state index in [9.17, 15) is 4.79 Å². The van der Waals surface area contributed by atoms with E-state index in [2.05, 4.69) is 60.8 Å². The molecule has 3 rings (SSSR count). The van der Waals surface area contributed by atoms with Gasteiger partial charge in [0.15, 0.2) is 0 Å². The second-order valence-electron chi connectivity index (χ2n) is 6.58. The molecule has 0 radical (unpaired) electrons. The molecule has 1 atom stereocenters. The zero-order chi connectivity index (χ0) is 18.9. The molecule has 1 N–H and O–H groups in total. The maximum atomic E-state index is 12.6. The van der Waals surface area contributed by atoms with Gasteiger partial charge in [0.1, 0.15) is 0 Å². The third kappa shape index (κ3) is 6.00. The maximum Gasteiger partial charge on any atom is 0.227 e. The van der Waals surface area contributed by atoms with Crippen LogP contribution in [0.3, 0.4) is 0 Å². The SMILES string of the molecule is CC[C@@H](Cc1ccccc1)C(=O)Nc1ccc(SCc2ccccc2)cc1. The fourth-order valence-electron chi connectivity index (χ4n) is 2.94. The summed E-state index contributed by atoms with van der Waals surface area (Å²) in [5.74, 6) is 1.02. The predicted octanol–water partition coefficient (Wildman–Crippen LogP) is 6.19. The smallest absolute Gasteiger partial charge is 0.227 e. The minimum absolute atomic E-state index is 0.0143. The molecule has 138 valence electrons. The highest BCUT2D eigenvalue weighted by Gasteiger charge is 2.17. The third-order valence-electron chi connectivity index (χ3n) is 4.56. The summed E-state index contributed by atoms with van der Waals surface area (Å²) in [6.45, 7) is 2.07. The van der Waals surface area contributed by atoms with E-state index < -0.39 is 0 Å². The summed E-state index contributed by atoms with van der Waals surface area (Å²) >= 11 is 1.80. The number of amides is 1. The molecule has 0 fully saturated rings. The second-order valence-corrected chi connectivity index (χ2v) is 7.63. The lowest BCUT2D eigenvalue weighted by atomic mass is 9.96. The van der Waals surface area contributed by atoms with Crippen LogP contribution in [-0.2, 0) is 17.0 Å². The monoisotopic (exact) mass is 375 g/mol. The number of rotatable bonds is 8. The van der Waals surface area contributed by atoms with Crippen molar-refractivity contribution in [2.45, 2.75) is 30.4 Å². The number of carbonyl (C=O) groups excluding carboxylic acids is 1. The van der Waals surface area contributed by atoms with Crippen molar-refractivity contribution < 1.29 is 4.79 Å². The molecular weight excluding hydrogens is 350 g/mol. The Morgan fingerprint density at radius 3 is 2.04 bits per heavy atom.